The third-order valence-corrected chi connectivity index (χ3v) is 2.18. The van der Waals surface area contributed by atoms with Crippen LogP contribution >= 0.6 is 0 Å². The lowest BCUT2D eigenvalue weighted by atomic mass is 10.2. The van der Waals surface area contributed by atoms with Crippen LogP contribution in [0.2, 0.25) is 0 Å². The normalized spacial score (nSPS) is 12.2. The van der Waals surface area contributed by atoms with Crippen molar-refractivity contribution in [3.05, 3.63) is 18.3 Å². The maximum atomic E-state index is 9.54. The summed E-state index contributed by atoms with van der Waals surface area (Å²) in [4.78, 5) is 4.11. The molecule has 4 heteroatoms. The van der Waals surface area contributed by atoms with Crippen molar-refractivity contribution in [2.45, 2.75) is 25.9 Å². The minimum Gasteiger partial charge on any atom is -0.391 e. The smallest absolute Gasteiger partial charge is 0.127 e. The number of aromatic nitrogens is 1. The highest BCUT2D eigenvalue weighted by atomic mass is 16.3. The molecule has 0 bridgehead atoms. The van der Waals surface area contributed by atoms with Crippen molar-refractivity contribution in [1.82, 2.24) is 4.98 Å². The Labute approximate surface area is 90.7 Å². The fourth-order valence-electron chi connectivity index (χ4n) is 1.35. The van der Waals surface area contributed by atoms with E-state index >= 15 is 0 Å². The monoisotopic (exact) mass is 209 g/mol. The van der Waals surface area contributed by atoms with Crippen LogP contribution < -0.4 is 10.6 Å². The predicted octanol–water partition coefficient (Wildman–Crippen LogP) is 1.70. The Kier molecular flexibility index (Phi) is 4.90. The van der Waals surface area contributed by atoms with Crippen molar-refractivity contribution in [3.8, 4) is 0 Å². The van der Waals surface area contributed by atoms with Crippen LogP contribution in [0, 0.1) is 0 Å². The summed E-state index contributed by atoms with van der Waals surface area (Å²) < 4.78 is 0. The number of nitrogens with zero attached hydrogens (tertiary/aromatic N) is 1. The van der Waals surface area contributed by atoms with Gasteiger partial charge < -0.3 is 15.7 Å². The number of rotatable bonds is 6. The Morgan fingerprint density at radius 2 is 2.33 bits per heavy atom. The van der Waals surface area contributed by atoms with E-state index < -0.39 is 0 Å². The molecule has 0 aliphatic heterocycles. The Balaban J connectivity index is 2.43. The van der Waals surface area contributed by atoms with E-state index in [1.54, 1.807) is 6.20 Å². The van der Waals surface area contributed by atoms with Gasteiger partial charge in [-0.2, -0.15) is 0 Å². The van der Waals surface area contributed by atoms with Gasteiger partial charge in [0.2, 0.25) is 0 Å². The van der Waals surface area contributed by atoms with Crippen molar-refractivity contribution in [3.63, 3.8) is 0 Å². The third kappa shape index (κ3) is 4.16. The summed E-state index contributed by atoms with van der Waals surface area (Å²) in [5, 5.41) is 15.7. The Morgan fingerprint density at radius 1 is 1.53 bits per heavy atom. The molecule has 1 heterocycles. The Morgan fingerprint density at radius 3 is 3.00 bits per heavy atom. The van der Waals surface area contributed by atoms with Crippen molar-refractivity contribution >= 4 is 11.5 Å². The van der Waals surface area contributed by atoms with E-state index in [4.69, 9.17) is 0 Å². The van der Waals surface area contributed by atoms with Crippen molar-refractivity contribution in [2.75, 3.05) is 24.2 Å². The summed E-state index contributed by atoms with van der Waals surface area (Å²) in [5.74, 6) is 0.824. The summed E-state index contributed by atoms with van der Waals surface area (Å²) in [6.07, 6.45) is 3.29. The molecule has 0 aliphatic carbocycles. The molecule has 1 atom stereocenters. The topological polar surface area (TPSA) is 57.2 Å². The van der Waals surface area contributed by atoms with Gasteiger partial charge in [0.15, 0.2) is 0 Å². The van der Waals surface area contributed by atoms with Gasteiger partial charge in [-0.25, -0.2) is 4.98 Å². The molecule has 15 heavy (non-hydrogen) atoms. The van der Waals surface area contributed by atoms with Crippen molar-refractivity contribution in [1.29, 1.82) is 0 Å². The molecule has 84 valence electrons. The number of nitrogens with one attached hydrogen (secondary N) is 2. The van der Waals surface area contributed by atoms with E-state index in [1.165, 1.54) is 0 Å². The number of aliphatic hydroxyl groups is 1. The van der Waals surface area contributed by atoms with Crippen LogP contribution in [0.5, 0.6) is 0 Å². The lowest BCUT2D eigenvalue weighted by Crippen LogP contribution is -2.19. The van der Waals surface area contributed by atoms with Gasteiger partial charge in [-0.15, -0.1) is 0 Å². The first-order valence-electron chi connectivity index (χ1n) is 5.32. The van der Waals surface area contributed by atoms with Crippen LogP contribution in [-0.2, 0) is 0 Å². The minimum atomic E-state index is -0.277. The van der Waals surface area contributed by atoms with Crippen LogP contribution in [0.1, 0.15) is 19.8 Å². The minimum absolute atomic E-state index is 0.277. The molecule has 0 saturated heterocycles. The second-order valence-corrected chi connectivity index (χ2v) is 3.50. The lowest BCUT2D eigenvalue weighted by Gasteiger charge is -2.12. The molecular formula is C11H19N3O. The van der Waals surface area contributed by atoms with Gasteiger partial charge in [0.25, 0.3) is 0 Å². The van der Waals surface area contributed by atoms with Crippen molar-refractivity contribution < 1.29 is 5.11 Å². The molecule has 0 aromatic carbocycles. The molecule has 0 aliphatic rings. The first kappa shape index (κ1) is 11.8. The quantitative estimate of drug-likeness (QED) is 0.667. The van der Waals surface area contributed by atoms with E-state index in [0.29, 0.717) is 6.54 Å². The average molecular weight is 209 g/mol. The molecule has 1 aromatic rings. The fourth-order valence-corrected chi connectivity index (χ4v) is 1.35. The SMILES string of the molecule is CCCC(O)CNc1ccnc(NC)c1. The van der Waals surface area contributed by atoms with E-state index in [9.17, 15) is 5.11 Å². The summed E-state index contributed by atoms with van der Waals surface area (Å²) in [7, 11) is 1.83. The Bertz CT molecular complexity index is 291. The summed E-state index contributed by atoms with van der Waals surface area (Å²) in [6.45, 7) is 2.65. The largest absolute Gasteiger partial charge is 0.391 e. The highest BCUT2D eigenvalue weighted by Crippen LogP contribution is 2.11. The zero-order chi connectivity index (χ0) is 11.1. The molecular weight excluding hydrogens is 190 g/mol. The summed E-state index contributed by atoms with van der Waals surface area (Å²) in [5.41, 5.74) is 0.976. The number of hydrogen-bond donors (Lipinski definition) is 3. The molecule has 1 rings (SSSR count). The molecule has 0 amide bonds. The number of aliphatic hydroxyl groups excluding tert-OH is 1. The highest BCUT2D eigenvalue weighted by molar-refractivity contribution is 5.51. The van der Waals surface area contributed by atoms with Gasteiger partial charge in [0, 0.05) is 31.5 Å². The maximum absolute atomic E-state index is 9.54. The standard InChI is InChI=1S/C11H19N3O/c1-3-4-10(15)8-14-9-5-6-13-11(7-9)12-2/h5-7,10,15H,3-4,8H2,1-2H3,(H2,12,13,14). The van der Waals surface area contributed by atoms with Gasteiger partial charge in [0.05, 0.1) is 6.10 Å². The van der Waals surface area contributed by atoms with E-state index in [-0.39, 0.29) is 6.10 Å². The number of pyridine rings is 1. The van der Waals surface area contributed by atoms with Crippen LogP contribution in [0.4, 0.5) is 11.5 Å². The van der Waals surface area contributed by atoms with Crippen LogP contribution in [0.25, 0.3) is 0 Å². The highest BCUT2D eigenvalue weighted by Gasteiger charge is 2.02. The number of anilines is 2. The van der Waals surface area contributed by atoms with Crippen LogP contribution in [-0.4, -0.2) is 29.8 Å². The molecule has 0 spiro atoms. The molecule has 3 N–H and O–H groups in total. The second kappa shape index (κ2) is 6.24. The molecule has 0 saturated carbocycles. The van der Waals surface area contributed by atoms with Gasteiger partial charge >= 0.3 is 0 Å². The predicted molar refractivity (Wildman–Crippen MR) is 63.2 cm³/mol. The lowest BCUT2D eigenvalue weighted by molar-refractivity contribution is 0.176. The van der Waals surface area contributed by atoms with Crippen LogP contribution in [0.3, 0.4) is 0 Å². The van der Waals surface area contributed by atoms with E-state index in [2.05, 4.69) is 22.5 Å². The molecule has 1 aromatic heterocycles. The van der Waals surface area contributed by atoms with Crippen molar-refractivity contribution in [2.24, 2.45) is 0 Å². The number of hydrogen-bond acceptors (Lipinski definition) is 4. The van der Waals surface area contributed by atoms with Gasteiger partial charge in [-0.3, -0.25) is 0 Å². The summed E-state index contributed by atoms with van der Waals surface area (Å²) >= 11 is 0. The summed E-state index contributed by atoms with van der Waals surface area (Å²) in [6, 6.07) is 3.80. The average Bonchev–Trinajstić information content (AvgIpc) is 2.27. The first-order chi connectivity index (χ1) is 7.26. The van der Waals surface area contributed by atoms with Crippen LogP contribution in [0.15, 0.2) is 18.3 Å². The van der Waals surface area contributed by atoms with E-state index in [1.807, 2.05) is 19.2 Å². The molecule has 0 radical (unpaired) electrons. The first-order valence-corrected chi connectivity index (χ1v) is 5.32. The zero-order valence-corrected chi connectivity index (χ0v) is 9.33. The molecule has 4 nitrogen and oxygen atoms in total. The molecule has 0 fully saturated rings. The van der Waals surface area contributed by atoms with Gasteiger partial charge in [-0.1, -0.05) is 13.3 Å². The third-order valence-electron chi connectivity index (χ3n) is 2.18. The fraction of sp³-hybridized carbons (Fsp3) is 0.545. The van der Waals surface area contributed by atoms with E-state index in [0.717, 1.165) is 24.3 Å². The van der Waals surface area contributed by atoms with Gasteiger partial charge in [-0.05, 0) is 12.5 Å². The zero-order valence-electron chi connectivity index (χ0n) is 9.33. The molecule has 1 unspecified atom stereocenters. The Hall–Kier alpha value is -1.29. The van der Waals surface area contributed by atoms with Gasteiger partial charge in [0.1, 0.15) is 5.82 Å². The maximum Gasteiger partial charge on any atom is 0.127 e. The second-order valence-electron chi connectivity index (χ2n) is 3.50.